The zero-order chi connectivity index (χ0) is 11.4. The summed E-state index contributed by atoms with van der Waals surface area (Å²) in [4.78, 5) is 7.53. The smallest absolute Gasteiger partial charge is 0.144 e. The third-order valence-corrected chi connectivity index (χ3v) is 3.52. The second kappa shape index (κ2) is 5.72. The number of aromatic amines is 1. The highest BCUT2D eigenvalue weighted by Gasteiger charge is 2.10. The number of aromatic nitrogens is 2. The fourth-order valence-electron chi connectivity index (χ4n) is 1.29. The van der Waals surface area contributed by atoms with Crippen LogP contribution >= 0.6 is 28.1 Å². The molecular weight excluding hydrogens is 276 g/mol. The summed E-state index contributed by atoms with van der Waals surface area (Å²) in [5.41, 5.74) is 1.07. The average Bonchev–Trinajstić information content (AvgIpc) is 2.22. The Kier molecular flexibility index (Phi) is 4.89. The Morgan fingerprint density at radius 1 is 1.53 bits per heavy atom. The Morgan fingerprint density at radius 2 is 2.20 bits per heavy atom. The Hall–Kier alpha value is -0.260. The first-order valence-corrected chi connectivity index (χ1v) is 6.20. The van der Waals surface area contributed by atoms with Crippen LogP contribution in [0.1, 0.15) is 38.4 Å². The summed E-state index contributed by atoms with van der Waals surface area (Å²) in [6, 6.07) is 0. The van der Waals surface area contributed by atoms with Crippen LogP contribution in [0.5, 0.6) is 0 Å². The Labute approximate surface area is 103 Å². The van der Waals surface area contributed by atoms with Gasteiger partial charge in [0.2, 0.25) is 0 Å². The number of H-pyrrole nitrogens is 1. The molecule has 1 aromatic rings. The maximum Gasteiger partial charge on any atom is 0.144 e. The highest BCUT2D eigenvalue weighted by molar-refractivity contribution is 9.10. The van der Waals surface area contributed by atoms with E-state index in [0.717, 1.165) is 22.4 Å². The minimum atomic E-state index is -0.0462. The summed E-state index contributed by atoms with van der Waals surface area (Å²) in [7, 11) is 0. The minimum absolute atomic E-state index is 0.0462. The summed E-state index contributed by atoms with van der Waals surface area (Å²) in [5.74, 6) is 0.793. The molecule has 0 spiro atoms. The second-order valence-electron chi connectivity index (χ2n) is 3.17. The number of ether oxygens (including phenoxy) is 1. The lowest BCUT2D eigenvalue weighted by atomic mass is 10.3. The lowest BCUT2D eigenvalue weighted by Gasteiger charge is -2.13. The molecule has 0 aliphatic rings. The van der Waals surface area contributed by atoms with Gasteiger partial charge in [-0.25, -0.2) is 4.98 Å². The zero-order valence-electron chi connectivity index (χ0n) is 9.13. The van der Waals surface area contributed by atoms with Crippen molar-refractivity contribution in [2.45, 2.75) is 33.3 Å². The molecule has 1 heterocycles. The van der Waals surface area contributed by atoms with Gasteiger partial charge in [-0.1, -0.05) is 19.1 Å². The molecule has 0 fully saturated rings. The SMILES string of the molecule is CCOC(C)c1nc(=S)c(Br)c(CC)[nH]1. The lowest BCUT2D eigenvalue weighted by Crippen LogP contribution is -2.07. The average molecular weight is 291 g/mol. The van der Waals surface area contributed by atoms with Crippen molar-refractivity contribution in [3.63, 3.8) is 0 Å². The van der Waals surface area contributed by atoms with Crippen LogP contribution in [-0.4, -0.2) is 16.6 Å². The molecule has 1 rings (SSSR count). The molecule has 5 heteroatoms. The third-order valence-electron chi connectivity index (χ3n) is 2.11. The monoisotopic (exact) mass is 290 g/mol. The number of hydrogen-bond donors (Lipinski definition) is 1. The van der Waals surface area contributed by atoms with Gasteiger partial charge in [0.1, 0.15) is 16.6 Å². The van der Waals surface area contributed by atoms with Crippen molar-refractivity contribution in [2.75, 3.05) is 6.61 Å². The predicted molar refractivity (Wildman–Crippen MR) is 66.5 cm³/mol. The van der Waals surface area contributed by atoms with Gasteiger partial charge in [0.15, 0.2) is 0 Å². The van der Waals surface area contributed by atoms with Gasteiger partial charge >= 0.3 is 0 Å². The van der Waals surface area contributed by atoms with Crippen molar-refractivity contribution >= 4 is 28.1 Å². The van der Waals surface area contributed by atoms with Gasteiger partial charge in [0.25, 0.3) is 0 Å². The molecule has 0 radical (unpaired) electrons. The summed E-state index contributed by atoms with van der Waals surface area (Å²) >= 11 is 8.59. The standard InChI is InChI=1S/C10H15BrN2OS/c1-4-7-8(11)10(15)13-9(12-7)6(3)14-5-2/h6H,4-5H2,1-3H3,(H,12,13,15). The van der Waals surface area contributed by atoms with Crippen LogP contribution in [0.3, 0.4) is 0 Å². The molecule has 1 aromatic heterocycles. The van der Waals surface area contributed by atoms with E-state index in [1.807, 2.05) is 13.8 Å². The van der Waals surface area contributed by atoms with Crippen molar-refractivity contribution in [1.29, 1.82) is 0 Å². The molecule has 0 amide bonds. The molecule has 0 aliphatic heterocycles. The molecule has 1 atom stereocenters. The molecule has 0 saturated heterocycles. The minimum Gasteiger partial charge on any atom is -0.371 e. The molecule has 15 heavy (non-hydrogen) atoms. The number of rotatable bonds is 4. The van der Waals surface area contributed by atoms with Gasteiger partial charge in [-0.3, -0.25) is 0 Å². The van der Waals surface area contributed by atoms with E-state index < -0.39 is 0 Å². The van der Waals surface area contributed by atoms with E-state index in [2.05, 4.69) is 32.8 Å². The highest BCUT2D eigenvalue weighted by Crippen LogP contribution is 2.20. The van der Waals surface area contributed by atoms with Crippen molar-refractivity contribution < 1.29 is 4.74 Å². The largest absolute Gasteiger partial charge is 0.371 e. The number of hydrogen-bond acceptors (Lipinski definition) is 3. The lowest BCUT2D eigenvalue weighted by molar-refractivity contribution is 0.0698. The topological polar surface area (TPSA) is 37.9 Å². The second-order valence-corrected chi connectivity index (χ2v) is 4.35. The predicted octanol–water partition coefficient (Wildman–Crippen LogP) is 3.56. The maximum atomic E-state index is 5.47. The van der Waals surface area contributed by atoms with Crippen molar-refractivity contribution in [1.82, 2.24) is 9.97 Å². The molecule has 0 bridgehead atoms. The van der Waals surface area contributed by atoms with Gasteiger partial charge in [0.05, 0.1) is 4.47 Å². The fourth-order valence-corrected chi connectivity index (χ4v) is 1.98. The van der Waals surface area contributed by atoms with E-state index >= 15 is 0 Å². The van der Waals surface area contributed by atoms with E-state index in [1.165, 1.54) is 0 Å². The summed E-state index contributed by atoms with van der Waals surface area (Å²) in [5, 5.41) is 0. The number of aryl methyl sites for hydroxylation is 1. The van der Waals surface area contributed by atoms with Crippen LogP contribution in [-0.2, 0) is 11.2 Å². The number of nitrogens with one attached hydrogen (secondary N) is 1. The normalized spacial score (nSPS) is 12.8. The molecular formula is C10H15BrN2OS. The van der Waals surface area contributed by atoms with E-state index in [-0.39, 0.29) is 6.10 Å². The van der Waals surface area contributed by atoms with E-state index in [4.69, 9.17) is 17.0 Å². The first kappa shape index (κ1) is 12.8. The summed E-state index contributed by atoms with van der Waals surface area (Å²) < 4.78 is 6.94. The molecule has 1 unspecified atom stereocenters. The molecule has 0 saturated carbocycles. The van der Waals surface area contributed by atoms with Crippen molar-refractivity contribution in [3.05, 3.63) is 20.6 Å². The van der Waals surface area contributed by atoms with Crippen molar-refractivity contribution in [2.24, 2.45) is 0 Å². The molecule has 0 aliphatic carbocycles. The quantitative estimate of drug-likeness (QED) is 0.862. The van der Waals surface area contributed by atoms with Gasteiger partial charge in [0, 0.05) is 12.3 Å². The Balaban J connectivity index is 3.11. The number of nitrogens with zero attached hydrogens (tertiary/aromatic N) is 1. The molecule has 3 nitrogen and oxygen atoms in total. The van der Waals surface area contributed by atoms with E-state index in [0.29, 0.717) is 11.2 Å². The molecule has 84 valence electrons. The summed E-state index contributed by atoms with van der Waals surface area (Å²) in [6.45, 7) is 6.66. The zero-order valence-corrected chi connectivity index (χ0v) is 11.5. The van der Waals surface area contributed by atoms with E-state index in [9.17, 15) is 0 Å². The Bertz CT molecular complexity index is 391. The Morgan fingerprint density at radius 3 is 2.73 bits per heavy atom. The first-order valence-electron chi connectivity index (χ1n) is 5.00. The van der Waals surface area contributed by atoms with Crippen LogP contribution in [0, 0.1) is 4.64 Å². The van der Waals surface area contributed by atoms with Crippen LogP contribution in [0.4, 0.5) is 0 Å². The first-order chi connectivity index (χ1) is 7.10. The van der Waals surface area contributed by atoms with Crippen LogP contribution < -0.4 is 0 Å². The summed E-state index contributed by atoms with van der Waals surface area (Å²) in [6.07, 6.45) is 0.841. The van der Waals surface area contributed by atoms with Gasteiger partial charge in [-0.05, 0) is 36.2 Å². The molecule has 1 N–H and O–H groups in total. The van der Waals surface area contributed by atoms with Crippen LogP contribution in [0.15, 0.2) is 4.47 Å². The maximum absolute atomic E-state index is 5.47. The van der Waals surface area contributed by atoms with Gasteiger partial charge < -0.3 is 9.72 Å². The third kappa shape index (κ3) is 3.09. The molecule has 0 aromatic carbocycles. The van der Waals surface area contributed by atoms with Crippen LogP contribution in [0.2, 0.25) is 0 Å². The van der Waals surface area contributed by atoms with Crippen LogP contribution in [0.25, 0.3) is 0 Å². The highest BCUT2D eigenvalue weighted by atomic mass is 79.9. The number of halogens is 1. The van der Waals surface area contributed by atoms with E-state index in [1.54, 1.807) is 0 Å². The fraction of sp³-hybridized carbons (Fsp3) is 0.600. The van der Waals surface area contributed by atoms with Gasteiger partial charge in [-0.2, -0.15) is 0 Å². The van der Waals surface area contributed by atoms with Crippen molar-refractivity contribution in [3.8, 4) is 0 Å². The van der Waals surface area contributed by atoms with Gasteiger partial charge in [-0.15, -0.1) is 0 Å².